The van der Waals surface area contributed by atoms with Crippen LogP contribution in [0.5, 0.6) is 0 Å². The second kappa shape index (κ2) is 3.71. The van der Waals surface area contributed by atoms with Crippen LogP contribution in [0.1, 0.15) is 12.0 Å². The third-order valence-corrected chi connectivity index (χ3v) is 1.34. The highest BCUT2D eigenvalue weighted by molar-refractivity contribution is 5.64. The standard InChI is InChI=1S/C8H9NO2/c10-8(11)4-3-7-2-1-5-9-6-7/h1-2,5-6H,3-4H2,(H,10,11)/p-1. The number of hydrogen-bond donors (Lipinski definition) is 0. The number of carboxylic acids is 1. The molecule has 0 N–H and O–H groups in total. The zero-order valence-electron chi connectivity index (χ0n) is 5.99. The fourth-order valence-electron chi connectivity index (χ4n) is 0.792. The summed E-state index contributed by atoms with van der Waals surface area (Å²) in [6.07, 6.45) is 3.87. The predicted molar refractivity (Wildman–Crippen MR) is 37.6 cm³/mol. The van der Waals surface area contributed by atoms with Crippen molar-refractivity contribution in [2.75, 3.05) is 0 Å². The first-order valence-electron chi connectivity index (χ1n) is 3.38. The maximum Gasteiger partial charge on any atom is 0.0417 e. The van der Waals surface area contributed by atoms with E-state index in [1.807, 2.05) is 6.07 Å². The lowest BCUT2D eigenvalue weighted by molar-refractivity contribution is -0.305. The van der Waals surface area contributed by atoms with Crippen LogP contribution in [0.4, 0.5) is 0 Å². The molecule has 0 aliphatic rings. The first-order valence-corrected chi connectivity index (χ1v) is 3.38. The summed E-state index contributed by atoms with van der Waals surface area (Å²) in [5, 5.41) is 10.0. The van der Waals surface area contributed by atoms with Gasteiger partial charge in [-0.15, -0.1) is 0 Å². The zero-order chi connectivity index (χ0) is 8.10. The molecular weight excluding hydrogens is 142 g/mol. The summed E-state index contributed by atoms with van der Waals surface area (Å²) in [6, 6.07) is 3.63. The average Bonchev–Trinajstić information content (AvgIpc) is 2.03. The molecule has 0 atom stereocenters. The maximum atomic E-state index is 10.0. The number of pyridine rings is 1. The summed E-state index contributed by atoms with van der Waals surface area (Å²) in [5.41, 5.74) is 0.928. The largest absolute Gasteiger partial charge is 0.550 e. The molecule has 3 heteroatoms. The summed E-state index contributed by atoms with van der Waals surface area (Å²) in [7, 11) is 0. The van der Waals surface area contributed by atoms with Gasteiger partial charge in [0.1, 0.15) is 0 Å². The van der Waals surface area contributed by atoms with Gasteiger partial charge in [0.15, 0.2) is 0 Å². The number of hydrogen-bond acceptors (Lipinski definition) is 3. The van der Waals surface area contributed by atoms with Crippen molar-refractivity contribution >= 4 is 5.97 Å². The van der Waals surface area contributed by atoms with Gasteiger partial charge < -0.3 is 9.90 Å². The van der Waals surface area contributed by atoms with Crippen LogP contribution in [0.25, 0.3) is 0 Å². The molecule has 0 spiro atoms. The molecule has 3 nitrogen and oxygen atoms in total. The molecule has 11 heavy (non-hydrogen) atoms. The fraction of sp³-hybridized carbons (Fsp3) is 0.250. The van der Waals surface area contributed by atoms with E-state index in [1.54, 1.807) is 18.5 Å². The maximum absolute atomic E-state index is 10.0. The SMILES string of the molecule is O=C([O-])CCc1cccnc1. The van der Waals surface area contributed by atoms with Crippen LogP contribution in [0, 0.1) is 0 Å². The Morgan fingerprint density at radius 2 is 2.45 bits per heavy atom. The molecule has 0 saturated heterocycles. The lowest BCUT2D eigenvalue weighted by Crippen LogP contribution is -2.22. The highest BCUT2D eigenvalue weighted by Crippen LogP contribution is 1.98. The van der Waals surface area contributed by atoms with Crippen molar-refractivity contribution in [1.29, 1.82) is 0 Å². The molecule has 1 aromatic rings. The van der Waals surface area contributed by atoms with Gasteiger partial charge in [-0.25, -0.2) is 0 Å². The van der Waals surface area contributed by atoms with Crippen molar-refractivity contribution in [2.24, 2.45) is 0 Å². The van der Waals surface area contributed by atoms with E-state index < -0.39 is 5.97 Å². The van der Waals surface area contributed by atoms with Gasteiger partial charge in [0.05, 0.1) is 0 Å². The summed E-state index contributed by atoms with van der Waals surface area (Å²) in [5.74, 6) is -1.02. The number of aryl methyl sites for hydroxylation is 1. The Balaban J connectivity index is 2.45. The lowest BCUT2D eigenvalue weighted by Gasteiger charge is -2.00. The smallest absolute Gasteiger partial charge is 0.0417 e. The minimum atomic E-state index is -1.02. The van der Waals surface area contributed by atoms with E-state index in [4.69, 9.17) is 0 Å². The number of carbonyl (C=O) groups excluding carboxylic acids is 1. The molecule has 0 aliphatic heterocycles. The van der Waals surface area contributed by atoms with E-state index in [-0.39, 0.29) is 6.42 Å². The molecule has 0 amide bonds. The summed E-state index contributed by atoms with van der Waals surface area (Å²) >= 11 is 0. The van der Waals surface area contributed by atoms with E-state index >= 15 is 0 Å². The van der Waals surface area contributed by atoms with E-state index in [1.165, 1.54) is 0 Å². The van der Waals surface area contributed by atoms with Crippen LogP contribution < -0.4 is 5.11 Å². The fourth-order valence-corrected chi connectivity index (χ4v) is 0.792. The van der Waals surface area contributed by atoms with Crippen LogP contribution in [-0.4, -0.2) is 11.0 Å². The first-order chi connectivity index (χ1) is 5.29. The van der Waals surface area contributed by atoms with Crippen molar-refractivity contribution in [2.45, 2.75) is 12.8 Å². The van der Waals surface area contributed by atoms with Gasteiger partial charge in [0.25, 0.3) is 0 Å². The van der Waals surface area contributed by atoms with Gasteiger partial charge in [-0.05, 0) is 24.5 Å². The van der Waals surface area contributed by atoms with Crippen molar-refractivity contribution in [3.8, 4) is 0 Å². The molecule has 0 radical (unpaired) electrons. The molecule has 0 bridgehead atoms. The van der Waals surface area contributed by atoms with Gasteiger partial charge in [0, 0.05) is 18.4 Å². The average molecular weight is 150 g/mol. The molecule has 0 saturated carbocycles. The monoisotopic (exact) mass is 150 g/mol. The number of carboxylic acid groups (broad SMARTS) is 1. The molecule has 1 aromatic heterocycles. The van der Waals surface area contributed by atoms with Crippen molar-refractivity contribution in [1.82, 2.24) is 4.98 Å². The second-order valence-electron chi connectivity index (χ2n) is 2.23. The Kier molecular flexibility index (Phi) is 2.60. The van der Waals surface area contributed by atoms with Crippen LogP contribution in [0.2, 0.25) is 0 Å². The minimum Gasteiger partial charge on any atom is -0.550 e. The topological polar surface area (TPSA) is 53.0 Å². The number of aromatic nitrogens is 1. The van der Waals surface area contributed by atoms with Gasteiger partial charge in [-0.2, -0.15) is 0 Å². The number of carbonyl (C=O) groups is 1. The van der Waals surface area contributed by atoms with E-state index in [9.17, 15) is 9.90 Å². The summed E-state index contributed by atoms with van der Waals surface area (Å²) < 4.78 is 0. The number of aliphatic carboxylic acids is 1. The lowest BCUT2D eigenvalue weighted by atomic mass is 10.2. The Labute approximate surface area is 64.7 Å². The molecule has 0 fully saturated rings. The molecule has 0 aromatic carbocycles. The highest BCUT2D eigenvalue weighted by Gasteiger charge is 1.91. The Hall–Kier alpha value is -1.38. The third kappa shape index (κ3) is 2.80. The zero-order valence-corrected chi connectivity index (χ0v) is 5.99. The molecular formula is C8H8NO2-. The van der Waals surface area contributed by atoms with Gasteiger partial charge >= 0.3 is 0 Å². The summed E-state index contributed by atoms with van der Waals surface area (Å²) in [6.45, 7) is 0. The highest BCUT2D eigenvalue weighted by atomic mass is 16.4. The normalized spacial score (nSPS) is 9.45. The van der Waals surface area contributed by atoms with E-state index in [2.05, 4.69) is 4.98 Å². The molecule has 58 valence electrons. The Morgan fingerprint density at radius 3 is 3.00 bits per heavy atom. The van der Waals surface area contributed by atoms with Crippen LogP contribution in [-0.2, 0) is 11.2 Å². The van der Waals surface area contributed by atoms with Crippen molar-refractivity contribution < 1.29 is 9.90 Å². The van der Waals surface area contributed by atoms with Crippen LogP contribution >= 0.6 is 0 Å². The number of rotatable bonds is 3. The first kappa shape index (κ1) is 7.72. The molecule has 1 heterocycles. The number of nitrogens with zero attached hydrogens (tertiary/aromatic N) is 1. The molecule has 0 aliphatic carbocycles. The van der Waals surface area contributed by atoms with E-state index in [0.29, 0.717) is 6.42 Å². The van der Waals surface area contributed by atoms with Crippen LogP contribution in [0.15, 0.2) is 24.5 Å². The van der Waals surface area contributed by atoms with Gasteiger partial charge in [-0.3, -0.25) is 4.98 Å². The van der Waals surface area contributed by atoms with Gasteiger partial charge in [-0.1, -0.05) is 6.07 Å². The molecule has 0 unspecified atom stereocenters. The summed E-state index contributed by atoms with van der Waals surface area (Å²) in [4.78, 5) is 13.9. The van der Waals surface area contributed by atoms with Crippen LogP contribution in [0.3, 0.4) is 0 Å². The minimum absolute atomic E-state index is 0.0612. The quantitative estimate of drug-likeness (QED) is 0.597. The predicted octanol–water partition coefficient (Wildman–Crippen LogP) is -0.236. The Bertz CT molecular complexity index is 233. The van der Waals surface area contributed by atoms with Gasteiger partial charge in [0.2, 0.25) is 0 Å². The second-order valence-corrected chi connectivity index (χ2v) is 2.23. The van der Waals surface area contributed by atoms with Crippen molar-refractivity contribution in [3.05, 3.63) is 30.1 Å². The third-order valence-electron chi connectivity index (χ3n) is 1.34. The Morgan fingerprint density at radius 1 is 1.64 bits per heavy atom. The van der Waals surface area contributed by atoms with Crippen molar-refractivity contribution in [3.63, 3.8) is 0 Å². The molecule has 1 rings (SSSR count). The van der Waals surface area contributed by atoms with E-state index in [0.717, 1.165) is 5.56 Å².